The highest BCUT2D eigenvalue weighted by Crippen LogP contribution is 2.14. The highest BCUT2D eigenvalue weighted by molar-refractivity contribution is 5.71. The molecule has 0 bridgehead atoms. The maximum absolute atomic E-state index is 12.7. The summed E-state index contributed by atoms with van der Waals surface area (Å²) in [5.41, 5.74) is 0. The first-order valence-corrected chi connectivity index (χ1v) is 23.8. The molecule has 328 valence electrons. The molecule has 0 N–H and O–H groups in total. The van der Waals surface area contributed by atoms with Crippen molar-refractivity contribution < 1.29 is 28.6 Å². The molecular weight excluding hydrogens is 709 g/mol. The summed E-state index contributed by atoms with van der Waals surface area (Å²) >= 11 is 0. The second-order valence-electron chi connectivity index (χ2n) is 15.6. The number of allylic oxidation sites excluding steroid dienone is 10. The van der Waals surface area contributed by atoms with Crippen LogP contribution < -0.4 is 0 Å². The molecule has 6 nitrogen and oxygen atoms in total. The monoisotopic (exact) mass is 797 g/mol. The molecule has 0 amide bonds. The maximum atomic E-state index is 12.7. The number of hydrogen-bond donors (Lipinski definition) is 0. The fourth-order valence-electron chi connectivity index (χ4n) is 6.43. The van der Waals surface area contributed by atoms with Gasteiger partial charge in [0.05, 0.1) is 0 Å². The molecule has 0 heterocycles. The number of ether oxygens (including phenoxy) is 3. The maximum Gasteiger partial charge on any atom is 0.306 e. The summed E-state index contributed by atoms with van der Waals surface area (Å²) in [7, 11) is 0. The Bertz CT molecular complexity index is 1050. The van der Waals surface area contributed by atoms with Crippen molar-refractivity contribution in [3.63, 3.8) is 0 Å². The average molecular weight is 797 g/mol. The zero-order chi connectivity index (χ0) is 41.5. The number of rotatable bonds is 42. The standard InChI is InChI=1S/C51H88O6/c1-4-7-10-13-15-17-19-21-23-25-27-29-31-33-35-38-41-44-50(53)56-47-48(46-55-49(52)43-40-37-12-9-6-3)57-51(54)45-42-39-36-34-32-30-28-26-24-22-20-18-16-14-11-8-5-2/h7,10,15-18,21-24,48H,4-6,8-9,11-14,19-20,25-47H2,1-3H3/b10-7-,17-15-,18-16-,23-21-,24-22-. The van der Waals surface area contributed by atoms with Gasteiger partial charge in [0, 0.05) is 19.3 Å². The Hall–Kier alpha value is -2.89. The normalized spacial score (nSPS) is 12.5. The van der Waals surface area contributed by atoms with Crippen LogP contribution in [0.25, 0.3) is 0 Å². The second kappa shape index (κ2) is 45.8. The van der Waals surface area contributed by atoms with Gasteiger partial charge >= 0.3 is 17.9 Å². The van der Waals surface area contributed by atoms with Crippen molar-refractivity contribution in [2.45, 2.75) is 232 Å². The summed E-state index contributed by atoms with van der Waals surface area (Å²) in [5, 5.41) is 0. The Labute approximate surface area is 351 Å². The predicted molar refractivity (Wildman–Crippen MR) is 242 cm³/mol. The van der Waals surface area contributed by atoms with E-state index >= 15 is 0 Å². The van der Waals surface area contributed by atoms with Crippen molar-refractivity contribution in [1.29, 1.82) is 0 Å². The Morgan fingerprint density at radius 1 is 0.368 bits per heavy atom. The molecular formula is C51H88O6. The highest BCUT2D eigenvalue weighted by Gasteiger charge is 2.19. The Balaban J connectivity index is 4.23. The third-order valence-electron chi connectivity index (χ3n) is 10.0. The van der Waals surface area contributed by atoms with Crippen LogP contribution in [0.15, 0.2) is 60.8 Å². The van der Waals surface area contributed by atoms with Gasteiger partial charge in [0.25, 0.3) is 0 Å². The van der Waals surface area contributed by atoms with Crippen molar-refractivity contribution in [2.75, 3.05) is 13.2 Å². The van der Waals surface area contributed by atoms with Crippen molar-refractivity contribution in [3.8, 4) is 0 Å². The summed E-state index contributed by atoms with van der Waals surface area (Å²) in [4.78, 5) is 37.6. The van der Waals surface area contributed by atoms with Crippen LogP contribution in [-0.2, 0) is 28.6 Å². The third kappa shape index (κ3) is 44.1. The summed E-state index contributed by atoms with van der Waals surface area (Å²) in [6.45, 7) is 6.40. The van der Waals surface area contributed by atoms with E-state index in [9.17, 15) is 14.4 Å². The molecule has 0 aliphatic heterocycles. The first-order chi connectivity index (χ1) is 28.0. The summed E-state index contributed by atoms with van der Waals surface area (Å²) in [6.07, 6.45) is 55.2. The number of esters is 3. The SMILES string of the molecule is CC/C=C\C/C=C\C/C=C\CCCCCCCCCC(=O)OCC(COC(=O)CCCCCCC)OC(=O)CCCCCCCCC/C=C\C/C=C\CCCCC. The quantitative estimate of drug-likeness (QED) is 0.0265. The number of carbonyl (C=O) groups excluding carboxylic acids is 3. The smallest absolute Gasteiger partial charge is 0.306 e. The van der Waals surface area contributed by atoms with Gasteiger partial charge in [-0.15, -0.1) is 0 Å². The van der Waals surface area contributed by atoms with Gasteiger partial charge in [-0.3, -0.25) is 14.4 Å². The van der Waals surface area contributed by atoms with Crippen LogP contribution in [0.4, 0.5) is 0 Å². The fourth-order valence-corrected chi connectivity index (χ4v) is 6.43. The summed E-state index contributed by atoms with van der Waals surface area (Å²) in [6, 6.07) is 0. The van der Waals surface area contributed by atoms with E-state index < -0.39 is 6.10 Å². The second-order valence-corrected chi connectivity index (χ2v) is 15.6. The first-order valence-electron chi connectivity index (χ1n) is 23.8. The minimum absolute atomic E-state index is 0.0818. The van der Waals surface area contributed by atoms with Crippen molar-refractivity contribution in [3.05, 3.63) is 60.8 Å². The zero-order valence-corrected chi connectivity index (χ0v) is 37.3. The molecule has 0 spiro atoms. The van der Waals surface area contributed by atoms with Crippen molar-refractivity contribution >= 4 is 17.9 Å². The number of unbranched alkanes of at least 4 members (excludes halogenated alkanes) is 21. The Morgan fingerprint density at radius 3 is 1.11 bits per heavy atom. The van der Waals surface area contributed by atoms with Crippen molar-refractivity contribution in [2.24, 2.45) is 0 Å². The lowest BCUT2D eigenvalue weighted by atomic mass is 10.1. The summed E-state index contributed by atoms with van der Waals surface area (Å²) in [5.74, 6) is -0.914. The van der Waals surface area contributed by atoms with E-state index in [1.54, 1.807) is 0 Å². The van der Waals surface area contributed by atoms with Gasteiger partial charge in [-0.1, -0.05) is 184 Å². The Morgan fingerprint density at radius 2 is 0.684 bits per heavy atom. The lowest BCUT2D eigenvalue weighted by molar-refractivity contribution is -0.167. The van der Waals surface area contributed by atoms with E-state index in [-0.39, 0.29) is 31.1 Å². The van der Waals surface area contributed by atoms with Gasteiger partial charge in [-0.2, -0.15) is 0 Å². The molecule has 0 fully saturated rings. The molecule has 6 heteroatoms. The van der Waals surface area contributed by atoms with E-state index in [1.807, 2.05) is 0 Å². The van der Waals surface area contributed by atoms with E-state index in [2.05, 4.69) is 81.5 Å². The lowest BCUT2D eigenvalue weighted by Crippen LogP contribution is -2.30. The van der Waals surface area contributed by atoms with Crippen LogP contribution in [0.5, 0.6) is 0 Å². The van der Waals surface area contributed by atoms with Gasteiger partial charge in [0.15, 0.2) is 6.10 Å². The molecule has 0 saturated heterocycles. The van der Waals surface area contributed by atoms with Crippen LogP contribution >= 0.6 is 0 Å². The molecule has 1 atom stereocenters. The van der Waals surface area contributed by atoms with Gasteiger partial charge in [0.1, 0.15) is 13.2 Å². The van der Waals surface area contributed by atoms with E-state index in [0.29, 0.717) is 19.3 Å². The zero-order valence-electron chi connectivity index (χ0n) is 37.3. The van der Waals surface area contributed by atoms with Crippen LogP contribution in [0, 0.1) is 0 Å². The molecule has 57 heavy (non-hydrogen) atoms. The highest BCUT2D eigenvalue weighted by atomic mass is 16.6. The van der Waals surface area contributed by atoms with Gasteiger partial charge in [-0.05, 0) is 83.5 Å². The van der Waals surface area contributed by atoms with E-state index in [1.165, 1.54) is 83.5 Å². The van der Waals surface area contributed by atoms with Gasteiger partial charge < -0.3 is 14.2 Å². The van der Waals surface area contributed by atoms with Gasteiger partial charge in [0.2, 0.25) is 0 Å². The molecule has 0 aliphatic carbocycles. The minimum atomic E-state index is -0.777. The minimum Gasteiger partial charge on any atom is -0.462 e. The summed E-state index contributed by atoms with van der Waals surface area (Å²) < 4.78 is 16.6. The predicted octanol–water partition coefficient (Wildman–Crippen LogP) is 15.3. The topological polar surface area (TPSA) is 78.9 Å². The molecule has 0 aromatic heterocycles. The number of carbonyl (C=O) groups is 3. The number of hydrogen-bond acceptors (Lipinski definition) is 6. The van der Waals surface area contributed by atoms with Crippen LogP contribution in [-0.4, -0.2) is 37.2 Å². The molecule has 0 rings (SSSR count). The average Bonchev–Trinajstić information content (AvgIpc) is 3.21. The van der Waals surface area contributed by atoms with Crippen LogP contribution in [0.1, 0.15) is 226 Å². The fraction of sp³-hybridized carbons (Fsp3) is 0.745. The largest absolute Gasteiger partial charge is 0.462 e. The van der Waals surface area contributed by atoms with Gasteiger partial charge in [-0.25, -0.2) is 0 Å². The molecule has 0 aromatic rings. The van der Waals surface area contributed by atoms with Crippen LogP contribution in [0.3, 0.4) is 0 Å². The molecule has 0 radical (unpaired) electrons. The third-order valence-corrected chi connectivity index (χ3v) is 10.0. The van der Waals surface area contributed by atoms with E-state index in [0.717, 1.165) is 103 Å². The first kappa shape index (κ1) is 54.1. The van der Waals surface area contributed by atoms with Crippen molar-refractivity contribution in [1.82, 2.24) is 0 Å². The van der Waals surface area contributed by atoms with E-state index in [4.69, 9.17) is 14.2 Å². The molecule has 0 aliphatic rings. The molecule has 0 aromatic carbocycles. The molecule has 0 saturated carbocycles. The molecule has 1 unspecified atom stereocenters. The van der Waals surface area contributed by atoms with Crippen LogP contribution in [0.2, 0.25) is 0 Å². The lowest BCUT2D eigenvalue weighted by Gasteiger charge is -2.18. The Kier molecular flexibility index (Phi) is 43.5.